The first-order chi connectivity index (χ1) is 27.2. The molecule has 4 aromatic heterocycles. The molecule has 308 valence electrons. The third kappa shape index (κ3) is 19.0. The molecule has 3 N–H and O–H groups in total. The minimum absolute atomic E-state index is 0. The third-order valence-electron chi connectivity index (χ3n) is 6.81. The summed E-state index contributed by atoms with van der Waals surface area (Å²) in [5.41, 5.74) is 8.81. The number of nitrogens with zero attached hydrogens (tertiary/aromatic N) is 10. The van der Waals surface area contributed by atoms with Crippen molar-refractivity contribution < 1.29 is 134 Å². The van der Waals surface area contributed by atoms with Crippen LogP contribution in [0.2, 0.25) is 15.7 Å². The summed E-state index contributed by atoms with van der Waals surface area (Å²) in [6, 6.07) is 11.1. The van der Waals surface area contributed by atoms with E-state index in [-0.39, 0.29) is 121 Å². The summed E-state index contributed by atoms with van der Waals surface area (Å²) >= 11 is 23.3. The zero-order valence-corrected chi connectivity index (χ0v) is 46.3. The van der Waals surface area contributed by atoms with E-state index in [2.05, 4.69) is 82.2 Å². The minimum Gasteiger partial charge on any atom is -1.00 e. The fourth-order valence-electron chi connectivity index (χ4n) is 4.37. The second-order valence-corrected chi connectivity index (χ2v) is 20.7. The number of alkyl halides is 1. The van der Waals surface area contributed by atoms with Gasteiger partial charge in [0.2, 0.25) is 10.6 Å². The molecule has 59 heavy (non-hydrogen) atoms. The van der Waals surface area contributed by atoms with Crippen LogP contribution in [0.25, 0.3) is 22.8 Å². The molecule has 6 aromatic rings. The van der Waals surface area contributed by atoms with E-state index < -0.39 is 21.4 Å². The largest absolute Gasteiger partial charge is 1.00 e. The van der Waals surface area contributed by atoms with Crippen LogP contribution in [0.4, 0.5) is 21.6 Å². The number of carbonyl (C=O) groups excluding carboxylic acids is 1. The van der Waals surface area contributed by atoms with Gasteiger partial charge in [0.1, 0.15) is 37.9 Å². The smallest absolute Gasteiger partial charge is 1.00 e. The number of nitrogens with two attached hydrogens (primary N) is 1. The number of aryl methyl sites for hydroxylation is 2. The molecule has 17 nitrogen and oxygen atoms in total. The maximum Gasteiger partial charge on any atom is 1.00 e. The van der Waals surface area contributed by atoms with Crippen molar-refractivity contribution in [3.05, 3.63) is 86.1 Å². The molecule has 0 radical (unpaired) electrons. The Morgan fingerprint density at radius 1 is 0.847 bits per heavy atom. The van der Waals surface area contributed by atoms with Gasteiger partial charge in [0, 0.05) is 53.9 Å². The summed E-state index contributed by atoms with van der Waals surface area (Å²) in [7, 11) is -2.33. The molecule has 0 aliphatic heterocycles. The number of carbonyl (C=O) groups is 1. The monoisotopic (exact) mass is 1090 g/mol. The molecule has 0 bridgehead atoms. The Bertz CT molecular complexity index is 2410. The fraction of sp³-hybridized carbons (Fsp3) is 0.219. The summed E-state index contributed by atoms with van der Waals surface area (Å²) < 4.78 is 45.1. The van der Waals surface area contributed by atoms with Crippen molar-refractivity contribution in [1.29, 1.82) is 0 Å². The van der Waals surface area contributed by atoms with Gasteiger partial charge >= 0.3 is 103 Å². The zero-order chi connectivity index (χ0) is 43.8. The number of aromatic nitrogens is 10. The molecule has 0 saturated heterocycles. The van der Waals surface area contributed by atoms with E-state index in [0.29, 0.717) is 47.7 Å². The van der Waals surface area contributed by atoms with Gasteiger partial charge in [-0.1, -0.05) is 11.6 Å². The Hall–Kier alpha value is -0.597. The van der Waals surface area contributed by atoms with Crippen LogP contribution in [0.1, 0.15) is 2.80 Å². The van der Waals surface area contributed by atoms with Crippen molar-refractivity contribution in [1.82, 2.24) is 49.5 Å². The minimum atomic E-state index is -2.58. The van der Waals surface area contributed by atoms with Crippen molar-refractivity contribution in [2.24, 2.45) is 14.1 Å². The van der Waals surface area contributed by atoms with Gasteiger partial charge in [-0.2, -0.15) is 15.2 Å². The molecule has 2 aromatic carbocycles. The van der Waals surface area contributed by atoms with Crippen LogP contribution < -0.4 is 130 Å². The van der Waals surface area contributed by atoms with E-state index in [1.807, 2.05) is 44.4 Å². The fourth-order valence-corrected chi connectivity index (χ4v) is 7.60. The average molecular weight is 1100 g/mol. The summed E-state index contributed by atoms with van der Waals surface area (Å²) in [6.07, 6.45) is 6.03. The Morgan fingerprint density at radius 3 is 1.69 bits per heavy atom. The molecule has 4 heterocycles. The molecular weight excluding hydrogens is 1060 g/mol. The van der Waals surface area contributed by atoms with E-state index in [4.69, 9.17) is 52.0 Å². The number of halogens is 6. The van der Waals surface area contributed by atoms with E-state index in [9.17, 15) is 13.5 Å². The van der Waals surface area contributed by atoms with Gasteiger partial charge in [-0.15, -0.1) is 0 Å². The molecule has 27 heteroatoms. The average Bonchev–Trinajstić information content (AvgIpc) is 3.79. The van der Waals surface area contributed by atoms with Gasteiger partial charge in [-0.05, 0) is 118 Å². The van der Waals surface area contributed by atoms with Gasteiger partial charge in [0.25, 0.3) is 6.47 Å². The number of hydrogen-bond donors (Lipinski definition) is 2. The number of anilines is 3. The Balaban J connectivity index is 0. The second-order valence-electron chi connectivity index (χ2n) is 11.6. The summed E-state index contributed by atoms with van der Waals surface area (Å²) in [5, 5.41) is 21.7. The molecular formula is C32H36Br2Cl3FK2N12O5P2. The van der Waals surface area contributed by atoms with Crippen molar-refractivity contribution in [2.75, 3.05) is 44.9 Å². The maximum absolute atomic E-state index is 12.8. The molecule has 0 atom stereocenters. The quantitative estimate of drug-likeness (QED) is 0.0327. The number of nitrogen functional groups attached to an aromatic ring is 1. The van der Waals surface area contributed by atoms with E-state index >= 15 is 0 Å². The van der Waals surface area contributed by atoms with E-state index in [1.165, 1.54) is 18.9 Å². The van der Waals surface area contributed by atoms with Crippen LogP contribution in [-0.2, 0) is 32.9 Å². The summed E-state index contributed by atoms with van der Waals surface area (Å²) in [5.74, 6) is 1.94. The van der Waals surface area contributed by atoms with E-state index in [1.54, 1.807) is 48.3 Å². The van der Waals surface area contributed by atoms with Gasteiger partial charge in [-0.25, -0.2) is 34.3 Å². The molecule has 0 unspecified atom stereocenters. The standard InChI is InChI=1S/C15H15BrClN6OP.C11H15N4OP.C4HBrCl2N2.CH3F.CH2O3.2K.H/c1-23-14(19-8-20-23)9-4-5-11(12(6-9)25(2,3)24)21-13-10(16)7-18-15(17)22-13;1-15-11(13-7-14-15)8-4-5-9(12)10(6-8)17(2,3)16;5-2-1-8-4(7)9-3(2)6;1-2;2-1-4-3;;;/h4-8H,1-3H3,(H,18,21,22);4-7H,12H2,1-3H3;1H;1H3;1,3H;;;/q;;;;;2*+1;-1/p-1/i;;;1D;;;;. The van der Waals surface area contributed by atoms with Crippen LogP contribution in [-0.4, -0.2) is 89.7 Å². The maximum atomic E-state index is 12.8. The molecule has 6 rings (SSSR count). The third-order valence-corrected chi connectivity index (χ3v) is 11.9. The van der Waals surface area contributed by atoms with Gasteiger partial charge < -0.3 is 31.8 Å². The Kier molecular flexibility index (Phi) is 27.0. The topological polar surface area (TPSA) is 235 Å². The first-order valence-electron chi connectivity index (χ1n) is 16.1. The van der Waals surface area contributed by atoms with Crippen LogP contribution >= 0.6 is 80.9 Å². The number of nitrogens with one attached hydrogen (secondary N) is 1. The van der Waals surface area contributed by atoms with Crippen molar-refractivity contribution >= 4 is 115 Å². The van der Waals surface area contributed by atoms with Crippen molar-refractivity contribution in [2.45, 2.75) is 0 Å². The van der Waals surface area contributed by atoms with Crippen LogP contribution in [0.3, 0.4) is 0 Å². The Labute approximate surface area is 459 Å². The van der Waals surface area contributed by atoms with Crippen LogP contribution in [0, 0.1) is 0 Å². The van der Waals surface area contributed by atoms with Crippen molar-refractivity contribution in [3.8, 4) is 22.8 Å². The first kappa shape index (κ1) is 56.4. The summed E-state index contributed by atoms with van der Waals surface area (Å²) in [6.45, 7) is 6.67. The molecule has 0 saturated carbocycles. The number of rotatable bonds is 7. The molecule has 0 amide bonds. The normalized spacial score (nSPS) is 10.4. The van der Waals surface area contributed by atoms with Crippen molar-refractivity contribution in [3.63, 3.8) is 0 Å². The SMILES string of the molecule is Clc1ncc(Br)c(Cl)n1.Cn1ncnc1-c1ccc(N)c(P(C)(C)=O)c1.Cn1ncnc1-c1ccc(Nc2nc(Cl)ncc2Br)c(P(C)(C)=O)c1.O=CO[O-].[2H]CF.[H-].[K+].[K+]. The predicted octanol–water partition coefficient (Wildman–Crippen LogP) is 0.679. The molecule has 0 aliphatic rings. The zero-order valence-electron chi connectivity index (χ0n) is 34.8. The second kappa shape index (κ2) is 28.2. The summed E-state index contributed by atoms with van der Waals surface area (Å²) in [4.78, 5) is 35.0. The predicted molar refractivity (Wildman–Crippen MR) is 229 cm³/mol. The van der Waals surface area contributed by atoms with Gasteiger partial charge in [0.05, 0.1) is 23.2 Å². The number of benzene rings is 2. The van der Waals surface area contributed by atoms with Crippen LogP contribution in [0.5, 0.6) is 0 Å². The van der Waals surface area contributed by atoms with E-state index in [0.717, 1.165) is 17.0 Å². The molecule has 0 aliphatic carbocycles. The Morgan fingerprint density at radius 2 is 1.29 bits per heavy atom. The number of hydrogen-bond acceptors (Lipinski definition) is 15. The van der Waals surface area contributed by atoms with Gasteiger partial charge in [-0.3, -0.25) is 9.18 Å². The van der Waals surface area contributed by atoms with Crippen LogP contribution in [0.15, 0.2) is 70.4 Å². The molecule has 0 spiro atoms. The van der Waals surface area contributed by atoms with Gasteiger partial charge in [0.15, 0.2) is 11.6 Å². The first-order valence-corrected chi connectivity index (χ1v) is 23.3. The molecule has 0 fully saturated rings.